The quantitative estimate of drug-likeness (QED) is 0.411. The minimum atomic E-state index is -4.00. The third-order valence-electron chi connectivity index (χ3n) is 6.02. The molecule has 1 aliphatic rings. The molecule has 1 N–H and O–H groups in total. The third-order valence-corrected chi connectivity index (χ3v) is 8.34. The van der Waals surface area contributed by atoms with E-state index >= 15 is 0 Å². The Morgan fingerprint density at radius 1 is 1.11 bits per heavy atom. The van der Waals surface area contributed by atoms with Gasteiger partial charge < -0.3 is 14.8 Å². The number of nitrogens with one attached hydrogen (secondary N) is 1. The Morgan fingerprint density at radius 2 is 1.78 bits per heavy atom. The van der Waals surface area contributed by atoms with E-state index in [0.717, 1.165) is 19.9 Å². The number of carbonyl (C=O) groups is 1. The number of fused-ring (bicyclic) bond motifs is 1. The molecule has 1 heterocycles. The number of amides is 1. The van der Waals surface area contributed by atoms with Crippen LogP contribution in [-0.4, -0.2) is 33.6 Å². The first-order valence-electron chi connectivity index (χ1n) is 11.5. The largest absolute Gasteiger partial charge is 0.497 e. The van der Waals surface area contributed by atoms with Crippen LogP contribution in [0, 0.1) is 6.92 Å². The summed E-state index contributed by atoms with van der Waals surface area (Å²) < 4.78 is 40.7. The number of rotatable bonds is 7. The van der Waals surface area contributed by atoms with Crippen LogP contribution >= 0.6 is 15.9 Å². The lowest BCUT2D eigenvalue weighted by molar-refractivity contribution is -0.120. The molecular formula is C27H29BrN2O5S. The van der Waals surface area contributed by atoms with E-state index in [9.17, 15) is 13.2 Å². The van der Waals surface area contributed by atoms with E-state index in [0.29, 0.717) is 23.6 Å². The van der Waals surface area contributed by atoms with Crippen molar-refractivity contribution < 1.29 is 22.7 Å². The molecule has 1 unspecified atom stereocenters. The van der Waals surface area contributed by atoms with Gasteiger partial charge in [0.2, 0.25) is 5.91 Å². The molecule has 9 heteroatoms. The molecule has 1 amide bonds. The summed E-state index contributed by atoms with van der Waals surface area (Å²) in [5.74, 6) is 0.884. The maximum Gasteiger partial charge on any atom is 0.264 e. The van der Waals surface area contributed by atoms with Crippen LogP contribution in [0.1, 0.15) is 37.4 Å². The average molecular weight is 574 g/mol. The number of sulfonamides is 1. The average Bonchev–Trinajstić information content (AvgIpc) is 2.82. The summed E-state index contributed by atoms with van der Waals surface area (Å²) in [6, 6.07) is 18.5. The van der Waals surface area contributed by atoms with E-state index in [-0.39, 0.29) is 17.5 Å². The Morgan fingerprint density at radius 3 is 2.42 bits per heavy atom. The van der Waals surface area contributed by atoms with Gasteiger partial charge in [-0.1, -0.05) is 33.6 Å². The molecule has 0 spiro atoms. The molecule has 3 aromatic rings. The minimum absolute atomic E-state index is 0.117. The molecule has 4 rings (SSSR count). The van der Waals surface area contributed by atoms with Crippen LogP contribution in [0.2, 0.25) is 0 Å². The van der Waals surface area contributed by atoms with Gasteiger partial charge >= 0.3 is 0 Å². The SMILES string of the molecule is COc1ccc2c(c1)C(NC(=O)CN(c1ccc(Br)cc1)S(=O)(=O)c1ccc(C)cc1)CC(C)(C)O2. The van der Waals surface area contributed by atoms with Crippen molar-refractivity contribution in [3.05, 3.63) is 82.3 Å². The standard InChI is InChI=1S/C27H29BrN2O5S/c1-18-5-12-22(13-6-18)36(32,33)30(20-9-7-19(28)8-10-20)17-26(31)29-24-16-27(2,3)35-25-14-11-21(34-4)15-23(24)25/h5-15,24H,16-17H2,1-4H3,(H,29,31). The number of hydrogen-bond acceptors (Lipinski definition) is 5. The fraction of sp³-hybridized carbons (Fsp3) is 0.296. The van der Waals surface area contributed by atoms with Crippen LogP contribution in [-0.2, 0) is 14.8 Å². The van der Waals surface area contributed by atoms with Gasteiger partial charge in [-0.25, -0.2) is 8.42 Å². The smallest absolute Gasteiger partial charge is 0.264 e. The fourth-order valence-corrected chi connectivity index (χ4v) is 5.90. The molecule has 0 bridgehead atoms. The number of benzene rings is 3. The maximum atomic E-state index is 13.6. The van der Waals surface area contributed by atoms with Gasteiger partial charge in [0.15, 0.2) is 0 Å². The normalized spacial score (nSPS) is 16.4. The third kappa shape index (κ3) is 5.68. The number of anilines is 1. The lowest BCUT2D eigenvalue weighted by Gasteiger charge is -2.38. The summed E-state index contributed by atoms with van der Waals surface area (Å²) in [6.45, 7) is 5.41. The Bertz CT molecular complexity index is 1360. The highest BCUT2D eigenvalue weighted by Gasteiger charge is 2.36. The van der Waals surface area contributed by atoms with Crippen molar-refractivity contribution in [2.45, 2.75) is 43.7 Å². The van der Waals surface area contributed by atoms with Crippen LogP contribution in [0.4, 0.5) is 5.69 Å². The van der Waals surface area contributed by atoms with E-state index < -0.39 is 21.5 Å². The van der Waals surface area contributed by atoms with Gasteiger partial charge in [0.25, 0.3) is 10.0 Å². The molecule has 36 heavy (non-hydrogen) atoms. The molecule has 0 fully saturated rings. The number of nitrogens with zero attached hydrogens (tertiary/aromatic N) is 1. The summed E-state index contributed by atoms with van der Waals surface area (Å²) in [7, 11) is -2.42. The highest BCUT2D eigenvalue weighted by Crippen LogP contribution is 2.41. The first-order valence-corrected chi connectivity index (χ1v) is 13.7. The van der Waals surface area contributed by atoms with Gasteiger partial charge in [-0.15, -0.1) is 0 Å². The zero-order valence-corrected chi connectivity index (χ0v) is 23.0. The van der Waals surface area contributed by atoms with Gasteiger partial charge in [0.05, 0.1) is 23.7 Å². The van der Waals surface area contributed by atoms with Crippen LogP contribution in [0.25, 0.3) is 0 Å². The first kappa shape index (κ1) is 26.0. The van der Waals surface area contributed by atoms with Crippen molar-refractivity contribution >= 4 is 37.5 Å². The molecule has 0 saturated heterocycles. The van der Waals surface area contributed by atoms with Crippen LogP contribution in [0.3, 0.4) is 0 Å². The maximum absolute atomic E-state index is 13.6. The molecular weight excluding hydrogens is 544 g/mol. The predicted molar refractivity (Wildman–Crippen MR) is 143 cm³/mol. The van der Waals surface area contributed by atoms with Crippen LogP contribution in [0.5, 0.6) is 11.5 Å². The van der Waals surface area contributed by atoms with Gasteiger partial charge in [-0.2, -0.15) is 0 Å². The molecule has 1 aliphatic heterocycles. The lowest BCUT2D eigenvalue weighted by atomic mass is 9.89. The topological polar surface area (TPSA) is 84.9 Å². The second-order valence-corrected chi connectivity index (χ2v) is 12.2. The fourth-order valence-electron chi connectivity index (χ4n) is 4.22. The molecule has 7 nitrogen and oxygen atoms in total. The zero-order chi connectivity index (χ0) is 26.1. The van der Waals surface area contributed by atoms with E-state index in [4.69, 9.17) is 9.47 Å². The van der Waals surface area contributed by atoms with Crippen molar-refractivity contribution in [1.29, 1.82) is 0 Å². The lowest BCUT2D eigenvalue weighted by Crippen LogP contribution is -2.45. The van der Waals surface area contributed by atoms with Crippen LogP contribution in [0.15, 0.2) is 76.1 Å². The number of ether oxygens (including phenoxy) is 2. The monoisotopic (exact) mass is 572 g/mol. The van der Waals surface area contributed by atoms with E-state index in [2.05, 4.69) is 21.2 Å². The summed E-state index contributed by atoms with van der Waals surface area (Å²) >= 11 is 3.38. The molecule has 0 saturated carbocycles. The Labute approximate surface area is 220 Å². The minimum Gasteiger partial charge on any atom is -0.497 e. The predicted octanol–water partition coefficient (Wildman–Crippen LogP) is 5.38. The summed E-state index contributed by atoms with van der Waals surface area (Å²) in [6.07, 6.45) is 0.516. The number of aryl methyl sites for hydroxylation is 1. The van der Waals surface area contributed by atoms with Crippen molar-refractivity contribution in [3.8, 4) is 11.5 Å². The molecule has 0 aromatic heterocycles. The molecule has 0 radical (unpaired) electrons. The van der Waals surface area contributed by atoms with Crippen molar-refractivity contribution in [2.24, 2.45) is 0 Å². The van der Waals surface area contributed by atoms with Crippen LogP contribution < -0.4 is 19.1 Å². The highest BCUT2D eigenvalue weighted by molar-refractivity contribution is 9.10. The van der Waals surface area contributed by atoms with Crippen molar-refractivity contribution in [3.63, 3.8) is 0 Å². The number of carbonyl (C=O) groups excluding carboxylic acids is 1. The molecule has 0 aliphatic carbocycles. The second kappa shape index (κ2) is 10.1. The van der Waals surface area contributed by atoms with E-state index in [1.165, 1.54) is 0 Å². The number of halogens is 1. The van der Waals surface area contributed by atoms with Gasteiger partial charge in [-0.05, 0) is 75.4 Å². The summed E-state index contributed by atoms with van der Waals surface area (Å²) in [4.78, 5) is 13.5. The van der Waals surface area contributed by atoms with E-state index in [1.54, 1.807) is 55.6 Å². The van der Waals surface area contributed by atoms with Gasteiger partial charge in [0.1, 0.15) is 23.6 Å². The second-order valence-electron chi connectivity index (χ2n) is 9.39. The highest BCUT2D eigenvalue weighted by atomic mass is 79.9. The van der Waals surface area contributed by atoms with E-state index in [1.807, 2.05) is 39.0 Å². The van der Waals surface area contributed by atoms with Gasteiger partial charge in [0, 0.05) is 16.5 Å². The van der Waals surface area contributed by atoms with Gasteiger partial charge in [-0.3, -0.25) is 9.10 Å². The van der Waals surface area contributed by atoms with Crippen molar-refractivity contribution in [2.75, 3.05) is 18.0 Å². The molecule has 1 atom stereocenters. The number of hydrogen-bond donors (Lipinski definition) is 1. The molecule has 190 valence electrons. The first-order chi connectivity index (χ1) is 17.0. The Kier molecular flexibility index (Phi) is 7.33. The summed E-state index contributed by atoms with van der Waals surface area (Å²) in [5, 5.41) is 3.04. The Hall–Kier alpha value is -3.04. The zero-order valence-electron chi connectivity index (χ0n) is 20.6. The van der Waals surface area contributed by atoms with Crippen molar-refractivity contribution in [1.82, 2.24) is 5.32 Å². The Balaban J connectivity index is 1.65. The number of methoxy groups -OCH3 is 1. The summed E-state index contributed by atoms with van der Waals surface area (Å²) in [5.41, 5.74) is 1.61. The molecule has 3 aromatic carbocycles.